The average molecular weight is 577 g/mol. The molecular formula is C33H48N6O3. The lowest BCUT2D eigenvalue weighted by Crippen LogP contribution is -2.49. The molecule has 2 saturated carbocycles. The van der Waals surface area contributed by atoms with Crippen LogP contribution in [0.15, 0.2) is 60.7 Å². The molecule has 42 heavy (non-hydrogen) atoms. The van der Waals surface area contributed by atoms with E-state index in [1.165, 1.54) is 30.6 Å². The van der Waals surface area contributed by atoms with Gasteiger partial charge in [-0.2, -0.15) is 0 Å². The highest BCUT2D eigenvalue weighted by Crippen LogP contribution is 2.27. The Morgan fingerprint density at radius 3 is 1.93 bits per heavy atom. The zero-order chi connectivity index (χ0) is 29.9. The van der Waals surface area contributed by atoms with Gasteiger partial charge in [0.1, 0.15) is 0 Å². The third kappa shape index (κ3) is 8.71. The Balaban J connectivity index is 0.000000194. The van der Waals surface area contributed by atoms with E-state index in [9.17, 15) is 14.4 Å². The summed E-state index contributed by atoms with van der Waals surface area (Å²) in [5.41, 5.74) is 8.24. The van der Waals surface area contributed by atoms with E-state index < -0.39 is 0 Å². The minimum absolute atomic E-state index is 0.0963. The second kappa shape index (κ2) is 15.6. The quantitative estimate of drug-likeness (QED) is 0.294. The molecule has 9 heteroatoms. The summed E-state index contributed by atoms with van der Waals surface area (Å²) in [6, 6.07) is 18.9. The Kier molecular flexibility index (Phi) is 11.6. The molecule has 1 saturated heterocycles. The standard InChI is InChI=1S/C17H23N3O2.C16H25N3O/c1-12-15(13-8-4-2-5-9-13)19-17(22)20(12)16(21)18-14-10-6-3-7-11-14;1-12(15(17)13-8-4-2-5-9-13)18-16(20)19-14-10-6-3-7-11-14/h2,4-5,8-9,12,14-15H,3,6-7,10-11H2,1H3,(H,18,21)(H,19,22);2,4-5,8-9,12,14-15H,3,6-7,10-11,17H2,1H3,(H2,18,19,20). The summed E-state index contributed by atoms with van der Waals surface area (Å²) in [7, 11) is 0. The number of carbonyl (C=O) groups is 3. The predicted octanol–water partition coefficient (Wildman–Crippen LogP) is 5.89. The minimum Gasteiger partial charge on any atom is -0.335 e. The third-order valence-electron chi connectivity index (χ3n) is 8.72. The summed E-state index contributed by atoms with van der Waals surface area (Å²) in [6.07, 6.45) is 11.5. The van der Waals surface area contributed by atoms with E-state index in [2.05, 4.69) is 21.3 Å². The molecule has 2 aromatic rings. The van der Waals surface area contributed by atoms with E-state index in [1.54, 1.807) is 0 Å². The molecule has 6 amide bonds. The van der Waals surface area contributed by atoms with Crippen LogP contribution in [0.3, 0.4) is 0 Å². The van der Waals surface area contributed by atoms with Crippen molar-refractivity contribution in [1.29, 1.82) is 0 Å². The molecule has 2 aliphatic carbocycles. The van der Waals surface area contributed by atoms with Crippen LogP contribution < -0.4 is 27.0 Å². The van der Waals surface area contributed by atoms with Gasteiger partial charge < -0.3 is 27.0 Å². The van der Waals surface area contributed by atoms with Crippen molar-refractivity contribution in [2.45, 2.75) is 114 Å². The van der Waals surface area contributed by atoms with Crippen LogP contribution in [0, 0.1) is 0 Å². The first-order valence-corrected chi connectivity index (χ1v) is 15.7. The van der Waals surface area contributed by atoms with Crippen molar-refractivity contribution in [1.82, 2.24) is 26.2 Å². The molecule has 2 aromatic carbocycles. The summed E-state index contributed by atoms with van der Waals surface area (Å²) in [6.45, 7) is 3.86. The lowest BCUT2D eigenvalue weighted by molar-refractivity contribution is 0.183. The number of carbonyl (C=O) groups excluding carboxylic acids is 3. The van der Waals surface area contributed by atoms with Crippen molar-refractivity contribution in [3.05, 3.63) is 71.8 Å². The molecule has 1 aliphatic heterocycles. The van der Waals surface area contributed by atoms with Gasteiger partial charge in [-0.25, -0.2) is 19.3 Å². The highest BCUT2D eigenvalue weighted by molar-refractivity contribution is 5.96. The predicted molar refractivity (Wildman–Crippen MR) is 166 cm³/mol. The van der Waals surface area contributed by atoms with Crippen molar-refractivity contribution < 1.29 is 14.4 Å². The lowest BCUT2D eigenvalue weighted by atomic mass is 9.95. The number of nitrogens with zero attached hydrogens (tertiary/aromatic N) is 1. The highest BCUT2D eigenvalue weighted by atomic mass is 16.2. The zero-order valence-electron chi connectivity index (χ0n) is 25.1. The minimum atomic E-state index is -0.310. The van der Waals surface area contributed by atoms with Gasteiger partial charge in [-0.05, 0) is 50.7 Å². The second-order valence-electron chi connectivity index (χ2n) is 11.9. The first kappa shape index (κ1) is 31.3. The maximum absolute atomic E-state index is 12.5. The van der Waals surface area contributed by atoms with E-state index in [4.69, 9.17) is 5.73 Å². The number of hydrogen-bond acceptors (Lipinski definition) is 4. The number of benzene rings is 2. The van der Waals surface area contributed by atoms with E-state index in [-0.39, 0.29) is 48.3 Å². The number of urea groups is 3. The van der Waals surface area contributed by atoms with Crippen LogP contribution >= 0.6 is 0 Å². The van der Waals surface area contributed by atoms with Crippen LogP contribution in [-0.2, 0) is 0 Å². The van der Waals surface area contributed by atoms with Gasteiger partial charge in [0.05, 0.1) is 12.1 Å². The zero-order valence-corrected chi connectivity index (χ0v) is 25.1. The molecule has 4 unspecified atom stereocenters. The first-order valence-electron chi connectivity index (χ1n) is 15.7. The Morgan fingerprint density at radius 1 is 0.833 bits per heavy atom. The lowest BCUT2D eigenvalue weighted by Gasteiger charge is -2.27. The molecule has 3 fully saturated rings. The van der Waals surface area contributed by atoms with Crippen LogP contribution in [0.25, 0.3) is 0 Å². The summed E-state index contributed by atoms with van der Waals surface area (Å²) in [4.78, 5) is 38.0. The van der Waals surface area contributed by atoms with Crippen LogP contribution in [0.5, 0.6) is 0 Å². The van der Waals surface area contributed by atoms with Gasteiger partial charge in [0.15, 0.2) is 0 Å². The summed E-state index contributed by atoms with van der Waals surface area (Å²) in [5.74, 6) is 0. The Hall–Kier alpha value is -3.59. The fourth-order valence-corrected chi connectivity index (χ4v) is 6.18. The first-order chi connectivity index (χ1) is 20.3. The van der Waals surface area contributed by atoms with Crippen molar-refractivity contribution in [3.8, 4) is 0 Å². The van der Waals surface area contributed by atoms with E-state index in [1.807, 2.05) is 74.5 Å². The number of amides is 6. The Morgan fingerprint density at radius 2 is 1.36 bits per heavy atom. The van der Waals surface area contributed by atoms with Crippen molar-refractivity contribution in [2.75, 3.05) is 0 Å². The van der Waals surface area contributed by atoms with E-state index in [0.717, 1.165) is 49.7 Å². The summed E-state index contributed by atoms with van der Waals surface area (Å²) < 4.78 is 0. The molecule has 0 radical (unpaired) electrons. The number of rotatable bonds is 6. The van der Waals surface area contributed by atoms with Gasteiger partial charge in [-0.3, -0.25) is 0 Å². The number of nitrogens with two attached hydrogens (primary N) is 1. The topological polar surface area (TPSA) is 129 Å². The van der Waals surface area contributed by atoms with E-state index >= 15 is 0 Å². The van der Waals surface area contributed by atoms with Gasteiger partial charge in [0.25, 0.3) is 0 Å². The monoisotopic (exact) mass is 576 g/mol. The molecule has 3 aliphatic rings. The van der Waals surface area contributed by atoms with Gasteiger partial charge >= 0.3 is 18.1 Å². The summed E-state index contributed by atoms with van der Waals surface area (Å²) >= 11 is 0. The van der Waals surface area contributed by atoms with Gasteiger partial charge in [0, 0.05) is 24.2 Å². The normalized spacial score (nSPS) is 22.6. The van der Waals surface area contributed by atoms with Crippen LogP contribution in [0.1, 0.15) is 101 Å². The Bertz CT molecular complexity index is 1130. The molecule has 0 aromatic heterocycles. The number of nitrogens with one attached hydrogen (secondary N) is 4. The maximum atomic E-state index is 12.5. The second-order valence-corrected chi connectivity index (χ2v) is 11.9. The number of imide groups is 1. The van der Waals surface area contributed by atoms with Crippen LogP contribution in [0.2, 0.25) is 0 Å². The smallest absolute Gasteiger partial charge is 0.326 e. The van der Waals surface area contributed by atoms with Crippen molar-refractivity contribution >= 4 is 18.1 Å². The van der Waals surface area contributed by atoms with Gasteiger partial charge in [-0.1, -0.05) is 99.2 Å². The molecule has 0 bridgehead atoms. The molecule has 4 atom stereocenters. The van der Waals surface area contributed by atoms with Gasteiger partial charge in [0.2, 0.25) is 0 Å². The van der Waals surface area contributed by atoms with E-state index in [0.29, 0.717) is 6.04 Å². The largest absolute Gasteiger partial charge is 0.335 e. The highest BCUT2D eigenvalue weighted by Gasteiger charge is 2.41. The van der Waals surface area contributed by atoms with Crippen LogP contribution in [-0.4, -0.2) is 47.2 Å². The molecule has 6 N–H and O–H groups in total. The molecule has 228 valence electrons. The molecule has 5 rings (SSSR count). The van der Waals surface area contributed by atoms with Gasteiger partial charge in [-0.15, -0.1) is 0 Å². The molecule has 9 nitrogen and oxygen atoms in total. The maximum Gasteiger partial charge on any atom is 0.326 e. The fourth-order valence-electron chi connectivity index (χ4n) is 6.18. The third-order valence-corrected chi connectivity index (χ3v) is 8.72. The van der Waals surface area contributed by atoms with Crippen molar-refractivity contribution in [2.24, 2.45) is 5.73 Å². The fraction of sp³-hybridized carbons (Fsp3) is 0.545. The Labute approximate surface area is 250 Å². The molecule has 1 heterocycles. The SMILES string of the molecule is CC(NC(=O)NC1CCCCC1)C(N)c1ccccc1.CC1C(c2ccccc2)NC(=O)N1C(=O)NC1CCCCC1. The molecular weight excluding hydrogens is 528 g/mol. The molecule has 0 spiro atoms. The summed E-state index contributed by atoms with van der Waals surface area (Å²) in [5, 5.41) is 11.9. The van der Waals surface area contributed by atoms with Crippen LogP contribution in [0.4, 0.5) is 14.4 Å². The van der Waals surface area contributed by atoms with Crippen molar-refractivity contribution in [3.63, 3.8) is 0 Å². The number of hydrogen-bond donors (Lipinski definition) is 5. The average Bonchev–Trinajstić information content (AvgIpc) is 3.32.